The summed E-state index contributed by atoms with van der Waals surface area (Å²) >= 11 is 0. The Morgan fingerprint density at radius 1 is 0.807 bits per heavy atom. The molecular formula is C41H50N4O12. The number of nitrogens with one attached hydrogen (secondary N) is 1. The molecule has 1 fully saturated rings. The van der Waals surface area contributed by atoms with Crippen molar-refractivity contribution in [1.82, 2.24) is 15.0 Å². The molecule has 0 unspecified atom stereocenters. The molecule has 16 heteroatoms. The molecule has 1 N–H and O–H groups in total. The number of hydroxylamine groups is 2. The Morgan fingerprint density at radius 3 is 2.02 bits per heavy atom. The zero-order valence-electron chi connectivity index (χ0n) is 33.0. The fourth-order valence-corrected chi connectivity index (χ4v) is 5.62. The summed E-state index contributed by atoms with van der Waals surface area (Å²) < 4.78 is 29.3. The maximum atomic E-state index is 11.8. The van der Waals surface area contributed by atoms with Gasteiger partial charge in [-0.1, -0.05) is 24.3 Å². The smallest absolute Gasteiger partial charge is 0.335 e. The van der Waals surface area contributed by atoms with Gasteiger partial charge in [-0.2, -0.15) is 0 Å². The van der Waals surface area contributed by atoms with E-state index in [1.54, 1.807) is 12.1 Å². The lowest BCUT2D eigenvalue weighted by Gasteiger charge is -2.19. The van der Waals surface area contributed by atoms with E-state index in [9.17, 15) is 29.1 Å². The van der Waals surface area contributed by atoms with Crippen LogP contribution in [0.15, 0.2) is 65.1 Å². The first kappa shape index (κ1) is 44.0. The number of carbonyl (C=O) groups is 5. The van der Waals surface area contributed by atoms with Gasteiger partial charge in [-0.05, 0) is 23.8 Å². The molecule has 0 spiro atoms. The van der Waals surface area contributed by atoms with Crippen LogP contribution in [0.3, 0.4) is 0 Å². The van der Waals surface area contributed by atoms with E-state index in [4.69, 9.17) is 28.2 Å². The van der Waals surface area contributed by atoms with Crippen molar-refractivity contribution in [1.29, 1.82) is 0 Å². The van der Waals surface area contributed by atoms with E-state index in [0.29, 0.717) is 74.8 Å². The van der Waals surface area contributed by atoms with Crippen LogP contribution in [0.5, 0.6) is 0 Å². The number of hydrogen-bond acceptors (Lipinski definition) is 13. The van der Waals surface area contributed by atoms with Crippen molar-refractivity contribution < 1.29 is 57.3 Å². The molecule has 0 atom stereocenters. The van der Waals surface area contributed by atoms with Gasteiger partial charge in [-0.15, -0.1) is 5.06 Å². The van der Waals surface area contributed by atoms with Gasteiger partial charge in [0.05, 0.1) is 71.3 Å². The number of aromatic carboxylic acids is 1. The first-order valence-electron chi connectivity index (χ1n) is 18.5. The number of fused-ring (bicyclic) bond motifs is 2. The van der Waals surface area contributed by atoms with Gasteiger partial charge in [-0.25, -0.2) is 9.37 Å². The minimum absolute atomic E-state index is 0.0648. The highest BCUT2D eigenvalue weighted by Gasteiger charge is 2.32. The molecule has 1 aliphatic carbocycles. The average molecular weight is 791 g/mol. The highest BCUT2D eigenvalue weighted by atomic mass is 16.7. The molecule has 2 aliphatic heterocycles. The van der Waals surface area contributed by atoms with E-state index < -0.39 is 23.8 Å². The van der Waals surface area contributed by atoms with Crippen LogP contribution in [0.1, 0.15) is 36.5 Å². The lowest BCUT2D eigenvalue weighted by molar-refractivity contribution is -0.255. The Hall–Kier alpha value is -5.68. The fraction of sp³-hybridized carbons (Fsp3) is 0.415. The molecule has 3 amide bonds. The minimum atomic E-state index is -1.20. The Morgan fingerprint density at radius 2 is 1.42 bits per heavy atom. The van der Waals surface area contributed by atoms with Gasteiger partial charge < -0.3 is 48.3 Å². The quantitative estimate of drug-likeness (QED) is 0.0628. The van der Waals surface area contributed by atoms with Crippen LogP contribution in [-0.2, 0) is 43.0 Å². The van der Waals surface area contributed by atoms with Crippen LogP contribution >= 0.6 is 0 Å². The van der Waals surface area contributed by atoms with E-state index in [1.807, 2.05) is 86.2 Å². The van der Waals surface area contributed by atoms with E-state index in [0.717, 1.165) is 27.6 Å². The highest BCUT2D eigenvalue weighted by molar-refractivity contribution is 6.07. The summed E-state index contributed by atoms with van der Waals surface area (Å²) in [5, 5.41) is 16.8. The minimum Gasteiger partial charge on any atom is -0.545 e. The maximum absolute atomic E-state index is 11.8. The zero-order chi connectivity index (χ0) is 41.3. The lowest BCUT2D eigenvalue weighted by Crippen LogP contribution is -2.32. The third-order valence-electron chi connectivity index (χ3n) is 8.52. The van der Waals surface area contributed by atoms with Gasteiger partial charge in [0.2, 0.25) is 11.3 Å². The molecule has 2 aromatic carbocycles. The Labute approximate surface area is 330 Å². The molecule has 1 saturated heterocycles. The second-order valence-electron chi connectivity index (χ2n) is 13.2. The monoisotopic (exact) mass is 790 g/mol. The third-order valence-corrected chi connectivity index (χ3v) is 8.52. The van der Waals surface area contributed by atoms with Crippen LogP contribution in [0.25, 0.3) is 33.4 Å². The number of imide groups is 1. The van der Waals surface area contributed by atoms with Crippen molar-refractivity contribution in [3.63, 3.8) is 0 Å². The van der Waals surface area contributed by atoms with Gasteiger partial charge in [0.1, 0.15) is 25.4 Å². The highest BCUT2D eigenvalue weighted by Crippen LogP contribution is 2.41. The predicted molar refractivity (Wildman–Crippen MR) is 208 cm³/mol. The first-order chi connectivity index (χ1) is 27.4. The lowest BCUT2D eigenvalue weighted by atomic mass is 9.90. The van der Waals surface area contributed by atoms with E-state index in [2.05, 4.69) is 5.32 Å². The van der Waals surface area contributed by atoms with Crippen molar-refractivity contribution in [2.75, 3.05) is 92.5 Å². The topological polar surface area (TPSA) is 189 Å². The number of nitrogens with zero attached hydrogens (tertiary/aromatic N) is 3. The standard InChI is InChI=1S/C24H22N2O3.C17H28N2O9/c1-25(2)15-9-11-19-21(13-15)29-22-14-16(26(3)4)10-12-20(22)23(19)17-7-5-6-8-18(17)24(27)28;1-14(20)18-5-7-25-9-11-27-13-12-26-10-8-24-6-4-17(23)28-19-15(21)2-3-16(19)22/h5-14H,1-4H3;2-13H2,1H3,(H,18,20). The summed E-state index contributed by atoms with van der Waals surface area (Å²) in [4.78, 5) is 63.2. The molecule has 3 aliphatic rings. The van der Waals surface area contributed by atoms with Crippen LogP contribution in [-0.4, -0.2) is 122 Å². The number of carboxylic acids is 1. The van der Waals surface area contributed by atoms with Crippen molar-refractivity contribution in [2.24, 2.45) is 0 Å². The Kier molecular flexibility index (Phi) is 17.1. The second kappa shape index (κ2) is 22.2. The van der Waals surface area contributed by atoms with Gasteiger partial charge >= 0.3 is 5.97 Å². The third kappa shape index (κ3) is 13.2. The molecule has 57 heavy (non-hydrogen) atoms. The Bertz CT molecular complexity index is 2040. The molecule has 306 valence electrons. The Balaban J connectivity index is 0.000000253. The fourth-order valence-electron chi connectivity index (χ4n) is 5.62. The average Bonchev–Trinajstić information content (AvgIpc) is 3.50. The molecule has 0 aromatic heterocycles. The van der Waals surface area contributed by atoms with Crippen LogP contribution < -0.4 is 25.3 Å². The summed E-state index contributed by atoms with van der Waals surface area (Å²) in [6.45, 7) is 4.79. The van der Waals surface area contributed by atoms with E-state index >= 15 is 0 Å². The SMILES string of the molecule is CC(=O)NCCOCCOCCOCCOCCC(=O)ON1C(=O)CCC1=O.CN(C)c1ccc2c(-c3ccccc3C(=O)[O-])c3ccc(=[N+](C)C)cc-3oc2c1. The van der Waals surface area contributed by atoms with Gasteiger partial charge in [0.15, 0.2) is 0 Å². The summed E-state index contributed by atoms with van der Waals surface area (Å²) in [7, 11) is 7.88. The molecule has 5 rings (SSSR count). The molecule has 2 heterocycles. The molecule has 0 radical (unpaired) electrons. The van der Waals surface area contributed by atoms with Crippen LogP contribution in [0.2, 0.25) is 0 Å². The van der Waals surface area contributed by atoms with Gasteiger partial charge in [0, 0.05) is 80.3 Å². The van der Waals surface area contributed by atoms with Crippen LogP contribution in [0, 0.1) is 0 Å². The van der Waals surface area contributed by atoms with Crippen molar-refractivity contribution >= 4 is 46.3 Å². The normalized spacial score (nSPS) is 12.4. The van der Waals surface area contributed by atoms with E-state index in [1.165, 1.54) is 6.92 Å². The van der Waals surface area contributed by atoms with Crippen LogP contribution in [0.4, 0.5) is 5.69 Å². The zero-order valence-corrected chi connectivity index (χ0v) is 33.0. The largest absolute Gasteiger partial charge is 0.545 e. The number of hydrogen-bond donors (Lipinski definition) is 1. The molecular weight excluding hydrogens is 740 g/mol. The molecule has 2 aromatic rings. The van der Waals surface area contributed by atoms with Crippen molar-refractivity contribution in [3.8, 4) is 22.5 Å². The maximum Gasteiger partial charge on any atom is 0.335 e. The summed E-state index contributed by atoms with van der Waals surface area (Å²) in [5.41, 5.74) is 4.17. The van der Waals surface area contributed by atoms with E-state index in [-0.39, 0.29) is 37.3 Å². The number of amides is 3. The number of benzene rings is 3. The first-order valence-corrected chi connectivity index (χ1v) is 18.5. The van der Waals surface area contributed by atoms with Gasteiger partial charge in [0.25, 0.3) is 11.8 Å². The van der Waals surface area contributed by atoms with Crippen molar-refractivity contribution in [3.05, 3.63) is 71.6 Å². The molecule has 0 saturated carbocycles. The van der Waals surface area contributed by atoms with Gasteiger partial charge in [-0.3, -0.25) is 14.4 Å². The number of carboxylic acid groups (broad SMARTS) is 1. The number of carbonyl (C=O) groups excluding carboxylic acids is 5. The number of ether oxygens (including phenoxy) is 4. The predicted octanol–water partition coefficient (Wildman–Crippen LogP) is 1.85. The molecule has 0 bridgehead atoms. The number of rotatable bonds is 19. The number of anilines is 1. The molecule has 16 nitrogen and oxygen atoms in total. The summed E-state index contributed by atoms with van der Waals surface area (Å²) in [5.74, 6) is -2.30. The second-order valence-corrected chi connectivity index (χ2v) is 13.2. The van der Waals surface area contributed by atoms with Crippen molar-refractivity contribution in [2.45, 2.75) is 26.2 Å². The summed E-state index contributed by atoms with van der Waals surface area (Å²) in [6, 6.07) is 18.9. The summed E-state index contributed by atoms with van der Waals surface area (Å²) in [6.07, 6.45) is 0.0622.